The first-order chi connectivity index (χ1) is 7.85. The predicted molar refractivity (Wildman–Crippen MR) is 66.4 cm³/mol. The van der Waals surface area contributed by atoms with E-state index < -0.39 is 0 Å². The molecule has 0 saturated carbocycles. The lowest BCUT2D eigenvalue weighted by Crippen LogP contribution is -2.43. The lowest BCUT2D eigenvalue weighted by Gasteiger charge is -2.27. The Balaban J connectivity index is 1.79. The molecule has 0 amide bonds. The largest absolute Gasteiger partial charge is 0.394 e. The van der Waals surface area contributed by atoms with Crippen LogP contribution in [0.5, 0.6) is 0 Å². The molecule has 1 aliphatic heterocycles. The third kappa shape index (κ3) is 2.83. The molecule has 0 aromatic heterocycles. The van der Waals surface area contributed by atoms with Gasteiger partial charge in [0.25, 0.3) is 0 Å². The van der Waals surface area contributed by atoms with Crippen LogP contribution in [-0.4, -0.2) is 23.8 Å². The molecule has 0 aliphatic carbocycles. The number of hydrogen-bond donors (Lipinski definition) is 2. The summed E-state index contributed by atoms with van der Waals surface area (Å²) in [7, 11) is 0. The third-order valence-corrected chi connectivity index (χ3v) is 3.60. The maximum absolute atomic E-state index is 9.45. The average molecular weight is 219 g/mol. The van der Waals surface area contributed by atoms with Crippen molar-refractivity contribution in [3.05, 3.63) is 35.9 Å². The minimum Gasteiger partial charge on any atom is -0.394 e. The second-order valence-electron chi connectivity index (χ2n) is 4.81. The number of hydrogen-bond acceptors (Lipinski definition) is 2. The van der Waals surface area contributed by atoms with Crippen LogP contribution in [0.4, 0.5) is 0 Å². The van der Waals surface area contributed by atoms with E-state index >= 15 is 0 Å². The number of aliphatic hydroxyl groups excluding tert-OH is 1. The first-order valence-corrected chi connectivity index (χ1v) is 6.24. The topological polar surface area (TPSA) is 32.3 Å². The molecule has 0 spiro atoms. The van der Waals surface area contributed by atoms with Crippen molar-refractivity contribution in [3.8, 4) is 0 Å². The summed E-state index contributed by atoms with van der Waals surface area (Å²) in [6.07, 6.45) is 5.67. The molecule has 16 heavy (non-hydrogen) atoms. The Hall–Kier alpha value is -0.860. The highest BCUT2D eigenvalue weighted by atomic mass is 16.3. The normalized spacial score (nSPS) is 24.8. The molecule has 0 radical (unpaired) electrons. The predicted octanol–water partition coefficient (Wildman–Crippen LogP) is 2.12. The monoisotopic (exact) mass is 219 g/mol. The summed E-state index contributed by atoms with van der Waals surface area (Å²) in [6, 6.07) is 10.6. The Kier molecular flexibility index (Phi) is 3.97. The van der Waals surface area contributed by atoms with Crippen molar-refractivity contribution in [1.29, 1.82) is 0 Å². The fraction of sp³-hybridized carbons (Fsp3) is 0.571. The molecule has 2 N–H and O–H groups in total. The van der Waals surface area contributed by atoms with Crippen LogP contribution in [0.25, 0.3) is 0 Å². The summed E-state index contributed by atoms with van der Waals surface area (Å²) >= 11 is 0. The fourth-order valence-corrected chi connectivity index (χ4v) is 2.57. The first-order valence-electron chi connectivity index (χ1n) is 6.24. The van der Waals surface area contributed by atoms with Crippen molar-refractivity contribution in [2.24, 2.45) is 0 Å². The van der Waals surface area contributed by atoms with Gasteiger partial charge in [-0.15, -0.1) is 0 Å². The van der Waals surface area contributed by atoms with Crippen LogP contribution in [-0.2, 0) is 6.42 Å². The van der Waals surface area contributed by atoms with Gasteiger partial charge in [-0.1, -0.05) is 30.3 Å². The molecule has 1 saturated heterocycles. The first kappa shape index (κ1) is 11.6. The zero-order chi connectivity index (χ0) is 11.3. The minimum absolute atomic E-state index is 0.0226. The van der Waals surface area contributed by atoms with Crippen molar-refractivity contribution < 1.29 is 5.11 Å². The van der Waals surface area contributed by atoms with Crippen LogP contribution in [0.15, 0.2) is 30.3 Å². The van der Waals surface area contributed by atoms with Gasteiger partial charge in [0.2, 0.25) is 0 Å². The Labute approximate surface area is 97.7 Å². The Morgan fingerprint density at radius 1 is 1.25 bits per heavy atom. The molecular weight excluding hydrogens is 198 g/mol. The SMILES string of the molecule is OCC1(CCCc2ccccc2)CCCN1. The molecule has 1 heterocycles. The van der Waals surface area contributed by atoms with E-state index in [0.717, 1.165) is 32.2 Å². The van der Waals surface area contributed by atoms with Crippen molar-refractivity contribution in [2.45, 2.75) is 37.6 Å². The molecule has 2 nitrogen and oxygen atoms in total. The van der Waals surface area contributed by atoms with Gasteiger partial charge < -0.3 is 10.4 Å². The van der Waals surface area contributed by atoms with Crippen LogP contribution in [0, 0.1) is 0 Å². The van der Waals surface area contributed by atoms with Crippen LogP contribution in [0.3, 0.4) is 0 Å². The standard InChI is InChI=1S/C14H21NO/c16-12-14(10-5-11-15-14)9-4-8-13-6-2-1-3-7-13/h1-3,6-7,15-16H,4-5,8-12H2. The molecule has 1 aromatic carbocycles. The van der Waals surface area contributed by atoms with Gasteiger partial charge in [-0.05, 0) is 44.2 Å². The van der Waals surface area contributed by atoms with Crippen LogP contribution >= 0.6 is 0 Å². The van der Waals surface area contributed by atoms with E-state index in [1.807, 2.05) is 0 Å². The molecule has 88 valence electrons. The smallest absolute Gasteiger partial charge is 0.0613 e. The third-order valence-electron chi connectivity index (χ3n) is 3.60. The summed E-state index contributed by atoms with van der Waals surface area (Å²) in [4.78, 5) is 0. The number of aryl methyl sites for hydroxylation is 1. The fourth-order valence-electron chi connectivity index (χ4n) is 2.57. The van der Waals surface area contributed by atoms with Crippen LogP contribution in [0.1, 0.15) is 31.2 Å². The molecule has 2 heteroatoms. The van der Waals surface area contributed by atoms with Gasteiger partial charge in [-0.25, -0.2) is 0 Å². The zero-order valence-electron chi connectivity index (χ0n) is 9.78. The molecule has 2 rings (SSSR count). The number of rotatable bonds is 5. The van der Waals surface area contributed by atoms with Crippen molar-refractivity contribution in [3.63, 3.8) is 0 Å². The molecule has 1 unspecified atom stereocenters. The molecule has 1 fully saturated rings. The van der Waals surface area contributed by atoms with Crippen LogP contribution < -0.4 is 5.32 Å². The lowest BCUT2D eigenvalue weighted by atomic mass is 9.91. The molecule has 0 bridgehead atoms. The van der Waals surface area contributed by atoms with E-state index in [0.29, 0.717) is 0 Å². The van der Waals surface area contributed by atoms with Gasteiger partial charge in [-0.3, -0.25) is 0 Å². The molecule has 1 aromatic rings. The van der Waals surface area contributed by atoms with E-state index in [4.69, 9.17) is 0 Å². The summed E-state index contributed by atoms with van der Waals surface area (Å²) < 4.78 is 0. The van der Waals surface area contributed by atoms with E-state index in [9.17, 15) is 5.11 Å². The maximum Gasteiger partial charge on any atom is 0.0613 e. The second-order valence-corrected chi connectivity index (χ2v) is 4.81. The summed E-state index contributed by atoms with van der Waals surface area (Å²) in [6.45, 7) is 1.34. The van der Waals surface area contributed by atoms with Gasteiger partial charge in [0.05, 0.1) is 6.61 Å². The number of aliphatic hydroxyl groups is 1. The van der Waals surface area contributed by atoms with Crippen molar-refractivity contribution in [2.75, 3.05) is 13.2 Å². The average Bonchev–Trinajstić information content (AvgIpc) is 2.80. The highest BCUT2D eigenvalue weighted by Crippen LogP contribution is 2.24. The summed E-state index contributed by atoms with van der Waals surface area (Å²) in [5, 5.41) is 12.9. The van der Waals surface area contributed by atoms with Gasteiger partial charge in [-0.2, -0.15) is 0 Å². The Morgan fingerprint density at radius 3 is 2.69 bits per heavy atom. The zero-order valence-corrected chi connectivity index (χ0v) is 9.78. The van der Waals surface area contributed by atoms with Crippen molar-refractivity contribution >= 4 is 0 Å². The molecule has 1 atom stereocenters. The molecule has 1 aliphatic rings. The highest BCUT2D eigenvalue weighted by Gasteiger charge is 2.31. The Morgan fingerprint density at radius 2 is 2.06 bits per heavy atom. The number of nitrogens with one attached hydrogen (secondary N) is 1. The van der Waals surface area contributed by atoms with Gasteiger partial charge in [0, 0.05) is 5.54 Å². The minimum atomic E-state index is 0.0226. The van der Waals surface area contributed by atoms with E-state index in [1.54, 1.807) is 0 Å². The number of benzene rings is 1. The molecular formula is C14H21NO. The highest BCUT2D eigenvalue weighted by molar-refractivity contribution is 5.14. The second kappa shape index (κ2) is 5.46. The van der Waals surface area contributed by atoms with Gasteiger partial charge >= 0.3 is 0 Å². The maximum atomic E-state index is 9.45. The van der Waals surface area contributed by atoms with Gasteiger partial charge in [0.15, 0.2) is 0 Å². The summed E-state index contributed by atoms with van der Waals surface area (Å²) in [5.74, 6) is 0. The van der Waals surface area contributed by atoms with Crippen LogP contribution in [0.2, 0.25) is 0 Å². The van der Waals surface area contributed by atoms with Crippen molar-refractivity contribution in [1.82, 2.24) is 5.32 Å². The quantitative estimate of drug-likeness (QED) is 0.795. The van der Waals surface area contributed by atoms with E-state index in [1.165, 1.54) is 12.0 Å². The summed E-state index contributed by atoms with van der Waals surface area (Å²) in [5.41, 5.74) is 1.42. The lowest BCUT2D eigenvalue weighted by molar-refractivity contribution is 0.167. The van der Waals surface area contributed by atoms with E-state index in [-0.39, 0.29) is 12.1 Å². The van der Waals surface area contributed by atoms with E-state index in [2.05, 4.69) is 35.6 Å². The van der Waals surface area contributed by atoms with Gasteiger partial charge in [0.1, 0.15) is 0 Å². The Bertz CT molecular complexity index is 304.